The summed E-state index contributed by atoms with van der Waals surface area (Å²) in [6.07, 6.45) is 5.77. The summed E-state index contributed by atoms with van der Waals surface area (Å²) >= 11 is 3.00. The summed E-state index contributed by atoms with van der Waals surface area (Å²) in [6.45, 7) is 2.56. The largest absolute Gasteiger partial charge is 0.347 e. The van der Waals surface area contributed by atoms with E-state index in [0.717, 1.165) is 29.5 Å². The van der Waals surface area contributed by atoms with Gasteiger partial charge in [0, 0.05) is 37.9 Å². The Balaban J connectivity index is 1.29. The number of nitrogens with zero attached hydrogens (tertiary/aromatic N) is 3. The molecule has 2 aromatic rings. The molecule has 2 saturated heterocycles. The van der Waals surface area contributed by atoms with Crippen molar-refractivity contribution in [2.75, 3.05) is 32.1 Å². The maximum absolute atomic E-state index is 13.0. The quantitative estimate of drug-likeness (QED) is 0.544. The number of piperidine rings is 1. The van der Waals surface area contributed by atoms with E-state index in [2.05, 4.69) is 0 Å². The van der Waals surface area contributed by atoms with Gasteiger partial charge in [0.1, 0.15) is 4.83 Å². The second kappa shape index (κ2) is 7.68. The molecule has 29 heavy (non-hydrogen) atoms. The Kier molecular flexibility index (Phi) is 5.18. The van der Waals surface area contributed by atoms with Crippen molar-refractivity contribution in [3.63, 3.8) is 0 Å². The average Bonchev–Trinajstić information content (AvgIpc) is 3.34. The summed E-state index contributed by atoms with van der Waals surface area (Å²) in [5.74, 6) is -0.118. The highest BCUT2D eigenvalue weighted by Crippen LogP contribution is 2.35. The number of hydrogen-bond acceptors (Lipinski definition) is 7. The number of hydrogen-bond donors (Lipinski definition) is 0. The van der Waals surface area contributed by atoms with Crippen LogP contribution in [0, 0.1) is 0 Å². The molecular formula is C20H25N3O4S2. The third kappa shape index (κ3) is 3.52. The minimum absolute atomic E-state index is 0.0137. The van der Waals surface area contributed by atoms with Gasteiger partial charge in [-0.2, -0.15) is 0 Å². The number of likely N-dealkylation sites (tertiary alicyclic amines) is 1. The van der Waals surface area contributed by atoms with E-state index in [1.807, 2.05) is 4.90 Å². The predicted molar refractivity (Wildman–Crippen MR) is 113 cm³/mol. The number of aryl methyl sites for hydroxylation is 2. The second-order valence-electron chi connectivity index (χ2n) is 7.93. The van der Waals surface area contributed by atoms with Crippen LogP contribution >= 0.6 is 23.1 Å². The van der Waals surface area contributed by atoms with Gasteiger partial charge in [-0.3, -0.25) is 14.2 Å². The van der Waals surface area contributed by atoms with E-state index in [1.165, 1.54) is 28.6 Å². The lowest BCUT2D eigenvalue weighted by molar-refractivity contribution is -0.186. The minimum atomic E-state index is -0.474. The molecule has 156 valence electrons. The molecule has 7 nitrogen and oxygen atoms in total. The van der Waals surface area contributed by atoms with Crippen molar-refractivity contribution in [2.24, 2.45) is 7.05 Å². The number of rotatable bonds is 3. The number of amides is 1. The fraction of sp³-hybridized carbons (Fsp3) is 0.650. The van der Waals surface area contributed by atoms with Gasteiger partial charge in [-0.1, -0.05) is 11.8 Å². The van der Waals surface area contributed by atoms with Gasteiger partial charge in [0.25, 0.3) is 5.56 Å². The average molecular weight is 436 g/mol. The molecule has 1 spiro atoms. The number of thioether (sulfide) groups is 1. The summed E-state index contributed by atoms with van der Waals surface area (Å²) < 4.78 is 13.1. The number of thiophene rings is 1. The molecule has 0 radical (unpaired) electrons. The van der Waals surface area contributed by atoms with Crippen LogP contribution in [0.3, 0.4) is 0 Å². The molecule has 2 fully saturated rings. The van der Waals surface area contributed by atoms with Gasteiger partial charge in [-0.05, 0) is 31.2 Å². The van der Waals surface area contributed by atoms with Crippen LogP contribution in [0.4, 0.5) is 0 Å². The highest BCUT2D eigenvalue weighted by molar-refractivity contribution is 7.99. The topological polar surface area (TPSA) is 73.7 Å². The summed E-state index contributed by atoms with van der Waals surface area (Å²) in [5, 5.41) is 1.41. The highest BCUT2D eigenvalue weighted by Gasteiger charge is 2.40. The summed E-state index contributed by atoms with van der Waals surface area (Å²) in [7, 11) is 1.76. The van der Waals surface area contributed by atoms with Crippen LogP contribution in [0.1, 0.15) is 36.1 Å². The Morgan fingerprint density at radius 1 is 1.21 bits per heavy atom. The highest BCUT2D eigenvalue weighted by atomic mass is 32.2. The maximum Gasteiger partial charge on any atom is 0.262 e. The first kappa shape index (κ1) is 19.5. The first-order valence-electron chi connectivity index (χ1n) is 10.3. The van der Waals surface area contributed by atoms with Gasteiger partial charge in [0.05, 0.1) is 24.4 Å². The molecule has 0 N–H and O–H groups in total. The molecule has 0 atom stereocenters. The molecule has 1 aliphatic carbocycles. The van der Waals surface area contributed by atoms with Crippen LogP contribution in [0.15, 0.2) is 9.95 Å². The Bertz CT molecular complexity index is 999. The zero-order valence-corrected chi connectivity index (χ0v) is 18.2. The van der Waals surface area contributed by atoms with Gasteiger partial charge >= 0.3 is 0 Å². The van der Waals surface area contributed by atoms with E-state index in [1.54, 1.807) is 23.0 Å². The molecule has 4 heterocycles. The van der Waals surface area contributed by atoms with E-state index in [0.29, 0.717) is 44.3 Å². The number of aromatic nitrogens is 2. The zero-order valence-electron chi connectivity index (χ0n) is 16.6. The van der Waals surface area contributed by atoms with E-state index in [4.69, 9.17) is 14.5 Å². The van der Waals surface area contributed by atoms with Crippen molar-refractivity contribution in [3.05, 3.63) is 20.8 Å². The van der Waals surface area contributed by atoms with Crippen LogP contribution in [-0.4, -0.2) is 58.2 Å². The van der Waals surface area contributed by atoms with E-state index in [-0.39, 0.29) is 17.2 Å². The summed E-state index contributed by atoms with van der Waals surface area (Å²) in [6, 6.07) is 0. The number of fused-ring (bicyclic) bond motifs is 3. The van der Waals surface area contributed by atoms with Crippen LogP contribution in [0.5, 0.6) is 0 Å². The van der Waals surface area contributed by atoms with Gasteiger partial charge in [-0.25, -0.2) is 4.98 Å². The van der Waals surface area contributed by atoms with Gasteiger partial charge < -0.3 is 14.4 Å². The monoisotopic (exact) mass is 435 g/mol. The van der Waals surface area contributed by atoms with Crippen molar-refractivity contribution < 1.29 is 14.3 Å². The third-order valence-corrected chi connectivity index (χ3v) is 8.37. The molecule has 0 bridgehead atoms. The number of ether oxygens (including phenoxy) is 2. The number of carbonyl (C=O) groups excluding carboxylic acids is 1. The lowest BCUT2D eigenvalue weighted by atomic mass is 9.97. The molecular weight excluding hydrogens is 410 g/mol. The van der Waals surface area contributed by atoms with E-state index in [9.17, 15) is 9.59 Å². The third-order valence-electron chi connectivity index (χ3n) is 6.17. The maximum atomic E-state index is 13.0. The minimum Gasteiger partial charge on any atom is -0.347 e. The van der Waals surface area contributed by atoms with Gasteiger partial charge in [0.2, 0.25) is 5.91 Å². The first-order chi connectivity index (χ1) is 14.1. The lowest BCUT2D eigenvalue weighted by Crippen LogP contribution is -2.47. The Morgan fingerprint density at radius 2 is 1.93 bits per heavy atom. The molecule has 0 unspecified atom stereocenters. The summed E-state index contributed by atoms with van der Waals surface area (Å²) in [4.78, 5) is 34.4. The number of carbonyl (C=O) groups is 1. The van der Waals surface area contributed by atoms with Crippen LogP contribution in [0.25, 0.3) is 10.2 Å². The van der Waals surface area contributed by atoms with Crippen molar-refractivity contribution in [3.8, 4) is 0 Å². The molecule has 0 aromatic carbocycles. The normalized spacial score (nSPS) is 21.1. The van der Waals surface area contributed by atoms with Crippen molar-refractivity contribution in [2.45, 2.75) is 49.5 Å². The summed E-state index contributed by atoms with van der Waals surface area (Å²) in [5.41, 5.74) is 1.22. The molecule has 2 aliphatic heterocycles. The molecule has 2 aromatic heterocycles. The first-order valence-corrected chi connectivity index (χ1v) is 12.1. The predicted octanol–water partition coefficient (Wildman–Crippen LogP) is 2.33. The molecule has 1 amide bonds. The van der Waals surface area contributed by atoms with Crippen molar-refractivity contribution in [1.82, 2.24) is 14.5 Å². The lowest BCUT2D eigenvalue weighted by Gasteiger charge is -2.37. The Labute approximate surface area is 177 Å². The fourth-order valence-electron chi connectivity index (χ4n) is 4.50. The van der Waals surface area contributed by atoms with Gasteiger partial charge in [-0.15, -0.1) is 11.3 Å². The standard InChI is InChI=1S/C20H25N3O4S2/c1-22-18(25)16-13-4-2-3-5-14(13)29-17(16)21-19(22)28-12-15(24)23-8-6-20(7-9-23)26-10-11-27-20/h2-12H2,1H3. The molecule has 0 saturated carbocycles. The van der Waals surface area contributed by atoms with Crippen LogP contribution < -0.4 is 5.56 Å². The molecule has 5 rings (SSSR count). The van der Waals surface area contributed by atoms with Gasteiger partial charge in [0.15, 0.2) is 10.9 Å². The van der Waals surface area contributed by atoms with Crippen molar-refractivity contribution in [1.29, 1.82) is 0 Å². The smallest absolute Gasteiger partial charge is 0.262 e. The molecule has 3 aliphatic rings. The fourth-order valence-corrected chi connectivity index (χ4v) is 6.67. The second-order valence-corrected chi connectivity index (χ2v) is 9.95. The van der Waals surface area contributed by atoms with E-state index >= 15 is 0 Å². The van der Waals surface area contributed by atoms with E-state index < -0.39 is 5.79 Å². The SMILES string of the molecule is Cn1c(SCC(=O)N2CCC3(CC2)OCCO3)nc2sc3c(c2c1=O)CCCC3. The van der Waals surface area contributed by atoms with Crippen LogP contribution in [-0.2, 0) is 34.2 Å². The van der Waals surface area contributed by atoms with Crippen molar-refractivity contribution >= 4 is 39.2 Å². The molecule has 9 heteroatoms. The van der Waals surface area contributed by atoms with Crippen LogP contribution in [0.2, 0.25) is 0 Å². The Hall–Kier alpha value is -1.42. The Morgan fingerprint density at radius 3 is 2.69 bits per heavy atom. The zero-order chi connectivity index (χ0) is 20.0.